The lowest BCUT2D eigenvalue weighted by Crippen LogP contribution is -2.44. The topological polar surface area (TPSA) is 29.1 Å². The van der Waals surface area contributed by atoms with Crippen molar-refractivity contribution in [3.63, 3.8) is 0 Å². The van der Waals surface area contributed by atoms with Gasteiger partial charge in [-0.25, -0.2) is 0 Å². The molecule has 15 heavy (non-hydrogen) atoms. The van der Waals surface area contributed by atoms with E-state index in [-0.39, 0.29) is 16.9 Å². The molecule has 0 heterocycles. The number of nitrogens with one attached hydrogen (secondary N) is 1. The molecule has 1 N–H and O–H groups in total. The highest BCUT2D eigenvalue weighted by molar-refractivity contribution is 8.11. The van der Waals surface area contributed by atoms with Crippen molar-refractivity contribution in [3.8, 4) is 0 Å². The van der Waals surface area contributed by atoms with Gasteiger partial charge in [0.1, 0.15) is 4.32 Å². The number of carbonyl (C=O) groups is 1. The number of rotatable bonds is 1. The highest BCUT2D eigenvalue weighted by atomic mass is 32.1. The maximum absolute atomic E-state index is 12.3. The third kappa shape index (κ3) is 1.30. The van der Waals surface area contributed by atoms with Gasteiger partial charge in [-0.2, -0.15) is 0 Å². The minimum atomic E-state index is -0.173. The molecule has 0 spiro atoms. The van der Waals surface area contributed by atoms with Crippen molar-refractivity contribution >= 4 is 35.0 Å². The summed E-state index contributed by atoms with van der Waals surface area (Å²) in [7, 11) is 0. The molecule has 0 radical (unpaired) electrons. The van der Waals surface area contributed by atoms with E-state index in [4.69, 9.17) is 12.2 Å². The molecule has 0 amide bonds. The first-order chi connectivity index (χ1) is 6.80. The van der Waals surface area contributed by atoms with Crippen LogP contribution in [-0.2, 0) is 4.79 Å². The van der Waals surface area contributed by atoms with Gasteiger partial charge in [0, 0.05) is 5.41 Å². The van der Waals surface area contributed by atoms with Crippen molar-refractivity contribution < 1.29 is 4.79 Å². The van der Waals surface area contributed by atoms with Crippen LogP contribution < -0.4 is 5.32 Å². The average molecular weight is 243 g/mol. The first kappa shape index (κ1) is 11.4. The van der Waals surface area contributed by atoms with Gasteiger partial charge in [-0.3, -0.25) is 4.79 Å². The number of ketones is 1. The van der Waals surface area contributed by atoms with E-state index in [0.717, 1.165) is 12.8 Å². The molecule has 3 atom stereocenters. The van der Waals surface area contributed by atoms with Crippen LogP contribution in [0.15, 0.2) is 0 Å². The van der Waals surface area contributed by atoms with Crippen LogP contribution in [0, 0.1) is 16.7 Å². The number of fused-ring (bicyclic) bond motifs is 2. The molecule has 2 aliphatic carbocycles. The summed E-state index contributed by atoms with van der Waals surface area (Å²) in [5, 5.41) is 3.05. The SMILES string of the molecule is CC1(C)[C@H]2CC[C@@]1(C)C(=O)[C@@H]2NC(=S)S. The molecule has 84 valence electrons. The predicted molar refractivity (Wildman–Crippen MR) is 68.1 cm³/mol. The van der Waals surface area contributed by atoms with Gasteiger partial charge in [-0.15, -0.1) is 12.6 Å². The lowest BCUT2D eigenvalue weighted by atomic mass is 9.70. The monoisotopic (exact) mass is 243 g/mol. The molecule has 2 saturated carbocycles. The van der Waals surface area contributed by atoms with Crippen molar-refractivity contribution in [1.29, 1.82) is 0 Å². The van der Waals surface area contributed by atoms with Crippen LogP contribution in [0.25, 0.3) is 0 Å². The fourth-order valence-electron chi connectivity index (χ4n) is 3.39. The smallest absolute Gasteiger partial charge is 0.161 e. The molecule has 0 saturated heterocycles. The van der Waals surface area contributed by atoms with E-state index < -0.39 is 0 Å². The van der Waals surface area contributed by atoms with E-state index in [1.165, 1.54) is 0 Å². The number of thiocarbonyl (C=S) groups is 1. The Morgan fingerprint density at radius 1 is 1.53 bits per heavy atom. The van der Waals surface area contributed by atoms with E-state index in [9.17, 15) is 4.79 Å². The minimum absolute atomic E-state index is 0.0836. The lowest BCUT2D eigenvalue weighted by Gasteiger charge is -2.32. The number of Topliss-reactive ketones (excluding diaryl/α,β-unsaturated/α-hetero) is 1. The average Bonchev–Trinajstić information content (AvgIpc) is 2.40. The van der Waals surface area contributed by atoms with Crippen LogP contribution in [0.3, 0.4) is 0 Å². The first-order valence-electron chi connectivity index (χ1n) is 5.34. The number of hydrogen-bond acceptors (Lipinski definition) is 2. The molecule has 2 nitrogen and oxygen atoms in total. The van der Waals surface area contributed by atoms with Crippen molar-refractivity contribution in [2.45, 2.75) is 39.7 Å². The Balaban J connectivity index is 2.34. The van der Waals surface area contributed by atoms with Crippen LogP contribution >= 0.6 is 24.8 Å². The summed E-state index contributed by atoms with van der Waals surface area (Å²) >= 11 is 8.97. The summed E-state index contributed by atoms with van der Waals surface area (Å²) in [5.74, 6) is 0.722. The summed E-state index contributed by atoms with van der Waals surface area (Å²) < 4.78 is 0.431. The van der Waals surface area contributed by atoms with Crippen LogP contribution in [0.2, 0.25) is 0 Å². The molecular formula is C11H17NOS2. The Bertz CT molecular complexity index is 339. The number of carbonyl (C=O) groups excluding carboxylic acids is 1. The zero-order valence-corrected chi connectivity index (χ0v) is 11.0. The van der Waals surface area contributed by atoms with Gasteiger partial charge in [-0.05, 0) is 24.2 Å². The molecule has 0 aromatic rings. The highest BCUT2D eigenvalue weighted by Gasteiger charge is 2.66. The van der Waals surface area contributed by atoms with Crippen LogP contribution in [0.4, 0.5) is 0 Å². The van der Waals surface area contributed by atoms with Crippen molar-refractivity contribution in [1.82, 2.24) is 5.32 Å². The van der Waals surface area contributed by atoms with Gasteiger partial charge < -0.3 is 5.32 Å². The molecule has 4 heteroatoms. The van der Waals surface area contributed by atoms with E-state index in [1.54, 1.807) is 0 Å². The van der Waals surface area contributed by atoms with Gasteiger partial charge in [0.15, 0.2) is 5.78 Å². The summed E-state index contributed by atoms with van der Waals surface area (Å²) in [6.07, 6.45) is 2.13. The lowest BCUT2D eigenvalue weighted by molar-refractivity contribution is -0.129. The summed E-state index contributed by atoms with van der Waals surface area (Å²) in [4.78, 5) is 12.3. The number of thiol groups is 1. The van der Waals surface area contributed by atoms with Crippen LogP contribution in [-0.4, -0.2) is 16.1 Å². The Morgan fingerprint density at radius 2 is 2.13 bits per heavy atom. The maximum Gasteiger partial charge on any atom is 0.161 e. The Morgan fingerprint density at radius 3 is 2.53 bits per heavy atom. The second-order valence-electron chi connectivity index (χ2n) is 5.49. The Labute approximate surface area is 102 Å². The van der Waals surface area contributed by atoms with E-state index in [0.29, 0.717) is 16.0 Å². The van der Waals surface area contributed by atoms with Crippen molar-refractivity contribution in [2.24, 2.45) is 16.7 Å². The Kier molecular flexibility index (Phi) is 2.43. The largest absolute Gasteiger partial charge is 0.361 e. The Hall–Kier alpha value is -0.0900. The van der Waals surface area contributed by atoms with E-state index in [2.05, 4.69) is 38.7 Å². The molecule has 0 unspecified atom stereocenters. The first-order valence-corrected chi connectivity index (χ1v) is 6.20. The second-order valence-corrected chi connectivity index (χ2v) is 6.65. The van der Waals surface area contributed by atoms with Crippen molar-refractivity contribution in [3.05, 3.63) is 0 Å². The summed E-state index contributed by atoms with van der Waals surface area (Å²) in [5.41, 5.74) is -0.0891. The molecule has 2 fully saturated rings. The molecule has 0 aromatic carbocycles. The van der Waals surface area contributed by atoms with Crippen molar-refractivity contribution in [2.75, 3.05) is 0 Å². The van der Waals surface area contributed by atoms with Gasteiger partial charge in [0.05, 0.1) is 6.04 Å². The van der Waals surface area contributed by atoms with E-state index >= 15 is 0 Å². The maximum atomic E-state index is 12.3. The highest BCUT2D eigenvalue weighted by Crippen LogP contribution is 2.63. The molecule has 0 aliphatic heterocycles. The fraction of sp³-hybridized carbons (Fsp3) is 0.818. The zero-order valence-electron chi connectivity index (χ0n) is 9.33. The third-order valence-electron chi connectivity index (χ3n) is 4.81. The number of hydrogen-bond donors (Lipinski definition) is 2. The summed E-state index contributed by atoms with van der Waals surface area (Å²) in [6, 6.07) is -0.108. The van der Waals surface area contributed by atoms with Crippen LogP contribution in [0.1, 0.15) is 33.6 Å². The standard InChI is InChI=1S/C11H17NOS2/c1-10(2)6-4-5-11(10,3)8(13)7(6)12-9(14)15/h6-7H,4-5H2,1-3H3,(H2,12,14,15)/t6-,7+,11-/m0/s1. The van der Waals surface area contributed by atoms with Gasteiger partial charge in [0.2, 0.25) is 0 Å². The summed E-state index contributed by atoms with van der Waals surface area (Å²) in [6.45, 7) is 6.50. The molecule has 2 rings (SSSR count). The van der Waals surface area contributed by atoms with E-state index in [1.807, 2.05) is 0 Å². The van der Waals surface area contributed by atoms with Gasteiger partial charge in [-0.1, -0.05) is 33.0 Å². The molecule has 0 aromatic heterocycles. The third-order valence-corrected chi connectivity index (χ3v) is 5.06. The molecule has 2 aliphatic rings. The zero-order chi connectivity index (χ0) is 11.4. The second kappa shape index (κ2) is 3.20. The quantitative estimate of drug-likeness (QED) is 0.546. The molecular weight excluding hydrogens is 226 g/mol. The van der Waals surface area contributed by atoms with Crippen LogP contribution in [0.5, 0.6) is 0 Å². The minimum Gasteiger partial charge on any atom is -0.361 e. The predicted octanol–water partition coefficient (Wildman–Crippen LogP) is 2.18. The fourth-order valence-corrected chi connectivity index (χ4v) is 3.65. The normalized spacial score (nSPS) is 42.0. The molecule has 2 bridgehead atoms. The van der Waals surface area contributed by atoms with Gasteiger partial charge in [0.25, 0.3) is 0 Å². The van der Waals surface area contributed by atoms with Gasteiger partial charge >= 0.3 is 0 Å².